The molecule has 26 heavy (non-hydrogen) atoms. The molecule has 0 saturated heterocycles. The standard InChI is InChI=1S/C21H22F2O3/c1-15(2)21(25,9-8-17-10-18(22)12-19(23)11-17)13-20(24)26-14-16-6-4-3-5-7-16/h3-12,15,25H,13-14H2,1-2H3/b9-8+. The Morgan fingerprint density at radius 2 is 1.77 bits per heavy atom. The maximum atomic E-state index is 13.3. The lowest BCUT2D eigenvalue weighted by atomic mass is 9.86. The van der Waals surface area contributed by atoms with Gasteiger partial charge < -0.3 is 9.84 Å². The molecule has 138 valence electrons. The van der Waals surface area contributed by atoms with E-state index < -0.39 is 23.2 Å². The Morgan fingerprint density at radius 1 is 1.15 bits per heavy atom. The average molecular weight is 360 g/mol. The fraction of sp³-hybridized carbons (Fsp3) is 0.286. The van der Waals surface area contributed by atoms with Gasteiger partial charge in [0.25, 0.3) is 0 Å². The summed E-state index contributed by atoms with van der Waals surface area (Å²) in [7, 11) is 0. The third kappa shape index (κ3) is 5.77. The van der Waals surface area contributed by atoms with Gasteiger partial charge in [0.15, 0.2) is 0 Å². The van der Waals surface area contributed by atoms with E-state index in [1.54, 1.807) is 13.8 Å². The molecule has 0 amide bonds. The molecule has 0 spiro atoms. The van der Waals surface area contributed by atoms with Crippen LogP contribution in [0.15, 0.2) is 54.6 Å². The van der Waals surface area contributed by atoms with Gasteiger partial charge in [0.05, 0.1) is 12.0 Å². The van der Waals surface area contributed by atoms with Crippen LogP contribution < -0.4 is 0 Å². The number of halogens is 2. The number of esters is 1. The van der Waals surface area contributed by atoms with Crippen molar-refractivity contribution in [3.8, 4) is 0 Å². The van der Waals surface area contributed by atoms with Crippen molar-refractivity contribution in [2.75, 3.05) is 0 Å². The van der Waals surface area contributed by atoms with Crippen molar-refractivity contribution in [3.63, 3.8) is 0 Å². The summed E-state index contributed by atoms with van der Waals surface area (Å²) in [6.45, 7) is 3.62. The quantitative estimate of drug-likeness (QED) is 0.740. The molecule has 2 rings (SSSR count). The smallest absolute Gasteiger partial charge is 0.309 e. The van der Waals surface area contributed by atoms with E-state index in [0.717, 1.165) is 23.8 Å². The highest BCUT2D eigenvalue weighted by atomic mass is 19.1. The minimum Gasteiger partial charge on any atom is -0.461 e. The Hall–Kier alpha value is -2.53. The molecule has 5 heteroatoms. The van der Waals surface area contributed by atoms with Gasteiger partial charge in [-0.2, -0.15) is 0 Å². The second-order valence-corrected chi connectivity index (χ2v) is 6.51. The first-order valence-corrected chi connectivity index (χ1v) is 8.36. The summed E-state index contributed by atoms with van der Waals surface area (Å²) in [5.41, 5.74) is -0.379. The van der Waals surface area contributed by atoms with Gasteiger partial charge in [-0.3, -0.25) is 4.79 Å². The Labute approximate surface area is 151 Å². The number of rotatable bonds is 7. The molecule has 1 unspecified atom stereocenters. The van der Waals surface area contributed by atoms with Crippen molar-refractivity contribution in [2.45, 2.75) is 32.5 Å². The van der Waals surface area contributed by atoms with Crippen LogP contribution >= 0.6 is 0 Å². The van der Waals surface area contributed by atoms with Crippen LogP contribution in [0.2, 0.25) is 0 Å². The molecule has 2 aromatic rings. The highest BCUT2D eigenvalue weighted by Crippen LogP contribution is 2.25. The van der Waals surface area contributed by atoms with Gasteiger partial charge in [-0.05, 0) is 29.2 Å². The molecular weight excluding hydrogens is 338 g/mol. The molecule has 0 bridgehead atoms. The summed E-state index contributed by atoms with van der Waals surface area (Å²) in [6, 6.07) is 12.3. The first-order valence-electron chi connectivity index (χ1n) is 8.36. The van der Waals surface area contributed by atoms with Crippen LogP contribution in [-0.2, 0) is 16.1 Å². The molecule has 0 aliphatic carbocycles. The summed E-state index contributed by atoms with van der Waals surface area (Å²) >= 11 is 0. The predicted octanol–water partition coefficient (Wildman–Crippen LogP) is 4.50. The zero-order chi connectivity index (χ0) is 19.2. The van der Waals surface area contributed by atoms with E-state index >= 15 is 0 Å². The first-order chi connectivity index (χ1) is 12.3. The van der Waals surface area contributed by atoms with Crippen LogP contribution in [0.25, 0.3) is 6.08 Å². The molecule has 3 nitrogen and oxygen atoms in total. The zero-order valence-corrected chi connectivity index (χ0v) is 14.8. The van der Waals surface area contributed by atoms with Gasteiger partial charge in [0.1, 0.15) is 18.2 Å². The van der Waals surface area contributed by atoms with Crippen molar-refractivity contribution >= 4 is 12.0 Å². The van der Waals surface area contributed by atoms with Crippen LogP contribution in [0.3, 0.4) is 0 Å². The van der Waals surface area contributed by atoms with Gasteiger partial charge in [-0.1, -0.05) is 56.3 Å². The molecule has 0 saturated carbocycles. The van der Waals surface area contributed by atoms with Crippen molar-refractivity contribution < 1.29 is 23.4 Å². The van der Waals surface area contributed by atoms with E-state index in [4.69, 9.17) is 4.74 Å². The zero-order valence-electron chi connectivity index (χ0n) is 14.8. The SMILES string of the molecule is CC(C)C(O)(/C=C/c1cc(F)cc(F)c1)CC(=O)OCc1ccccc1. The Bertz CT molecular complexity index is 752. The summed E-state index contributed by atoms with van der Waals surface area (Å²) in [5, 5.41) is 10.8. The highest BCUT2D eigenvalue weighted by molar-refractivity contribution is 5.71. The van der Waals surface area contributed by atoms with Crippen LogP contribution in [0, 0.1) is 17.6 Å². The number of carbonyl (C=O) groups excluding carboxylic acids is 1. The number of hydrogen-bond donors (Lipinski definition) is 1. The summed E-state index contributed by atoms with van der Waals surface area (Å²) in [5.74, 6) is -2.28. The van der Waals surface area contributed by atoms with E-state index in [2.05, 4.69) is 0 Å². The average Bonchev–Trinajstić information content (AvgIpc) is 2.58. The van der Waals surface area contributed by atoms with Gasteiger partial charge in [-0.15, -0.1) is 0 Å². The highest BCUT2D eigenvalue weighted by Gasteiger charge is 2.31. The third-order valence-corrected chi connectivity index (χ3v) is 4.12. The van der Waals surface area contributed by atoms with Crippen molar-refractivity contribution in [1.82, 2.24) is 0 Å². The van der Waals surface area contributed by atoms with Gasteiger partial charge >= 0.3 is 5.97 Å². The maximum absolute atomic E-state index is 13.3. The molecule has 0 radical (unpaired) electrons. The number of carbonyl (C=O) groups is 1. The Balaban J connectivity index is 2.05. The summed E-state index contributed by atoms with van der Waals surface area (Å²) < 4.78 is 31.7. The van der Waals surface area contributed by atoms with E-state index in [1.165, 1.54) is 12.2 Å². The first kappa shape index (κ1) is 19.8. The van der Waals surface area contributed by atoms with Crippen molar-refractivity contribution in [1.29, 1.82) is 0 Å². The number of hydrogen-bond acceptors (Lipinski definition) is 3. The molecule has 0 aliphatic heterocycles. The lowest BCUT2D eigenvalue weighted by molar-refractivity contribution is -0.150. The molecule has 1 N–H and O–H groups in total. The van der Waals surface area contributed by atoms with E-state index in [1.807, 2.05) is 30.3 Å². The van der Waals surface area contributed by atoms with Gasteiger partial charge in [-0.25, -0.2) is 8.78 Å². The predicted molar refractivity (Wildman–Crippen MR) is 96.0 cm³/mol. The summed E-state index contributed by atoms with van der Waals surface area (Å²) in [6.07, 6.45) is 2.53. The van der Waals surface area contributed by atoms with E-state index in [9.17, 15) is 18.7 Å². The number of ether oxygens (including phenoxy) is 1. The Morgan fingerprint density at radius 3 is 2.35 bits per heavy atom. The topological polar surface area (TPSA) is 46.5 Å². The molecule has 0 aromatic heterocycles. The van der Waals surface area contributed by atoms with Crippen LogP contribution in [0.5, 0.6) is 0 Å². The molecule has 0 aliphatic rings. The molecule has 2 aromatic carbocycles. The second-order valence-electron chi connectivity index (χ2n) is 6.51. The van der Waals surface area contributed by atoms with Crippen molar-refractivity contribution in [2.24, 2.45) is 5.92 Å². The second kappa shape index (κ2) is 8.72. The fourth-order valence-electron chi connectivity index (χ4n) is 2.39. The van der Waals surface area contributed by atoms with E-state index in [-0.39, 0.29) is 24.5 Å². The lowest BCUT2D eigenvalue weighted by Gasteiger charge is -2.28. The van der Waals surface area contributed by atoms with Gasteiger partial charge in [0.2, 0.25) is 0 Å². The van der Waals surface area contributed by atoms with E-state index in [0.29, 0.717) is 0 Å². The fourth-order valence-corrected chi connectivity index (χ4v) is 2.39. The van der Waals surface area contributed by atoms with Crippen LogP contribution in [0.4, 0.5) is 8.78 Å². The Kier molecular flexibility index (Phi) is 6.64. The lowest BCUT2D eigenvalue weighted by Crippen LogP contribution is -2.35. The number of aliphatic hydroxyl groups is 1. The molecule has 0 heterocycles. The monoisotopic (exact) mass is 360 g/mol. The number of benzene rings is 2. The normalized spacial score (nSPS) is 13.8. The molecular formula is C21H22F2O3. The van der Waals surface area contributed by atoms with Crippen LogP contribution in [0.1, 0.15) is 31.4 Å². The largest absolute Gasteiger partial charge is 0.461 e. The van der Waals surface area contributed by atoms with Gasteiger partial charge in [0, 0.05) is 6.07 Å². The summed E-state index contributed by atoms with van der Waals surface area (Å²) in [4.78, 5) is 12.1. The molecule has 0 fully saturated rings. The molecule has 1 atom stereocenters. The minimum atomic E-state index is -1.49. The third-order valence-electron chi connectivity index (χ3n) is 4.12. The maximum Gasteiger partial charge on any atom is 0.309 e. The van der Waals surface area contributed by atoms with Crippen molar-refractivity contribution in [3.05, 3.63) is 77.4 Å². The van der Waals surface area contributed by atoms with Crippen LogP contribution in [-0.4, -0.2) is 16.7 Å². The minimum absolute atomic E-state index is 0.118.